The standard InChI is InChI=1S/C29H33NO5S/c1-5-33-26(29(31)32)17-22-12-13-25(23-14-16-36-27(22)23)34-15-6-7-24-19(4)35-28(30-24)21-10-8-20(9-11-21)18(2)3/h8-14,16,18,26H,5-7,15,17H2,1-4H3,(H,31,32). The molecule has 0 saturated heterocycles. The van der Waals surface area contributed by atoms with Gasteiger partial charge in [0.05, 0.1) is 12.3 Å². The lowest BCUT2D eigenvalue weighted by Gasteiger charge is -2.14. The van der Waals surface area contributed by atoms with Crippen LogP contribution in [0.15, 0.2) is 52.3 Å². The molecule has 0 aliphatic carbocycles. The number of aromatic nitrogens is 1. The number of hydrogen-bond acceptors (Lipinski definition) is 6. The number of ether oxygens (including phenoxy) is 2. The number of aliphatic carboxylic acids is 1. The van der Waals surface area contributed by atoms with Gasteiger partial charge in [0.2, 0.25) is 5.89 Å². The quantitative estimate of drug-likeness (QED) is 0.207. The fourth-order valence-electron chi connectivity index (χ4n) is 4.21. The van der Waals surface area contributed by atoms with Crippen molar-refractivity contribution < 1.29 is 23.8 Å². The van der Waals surface area contributed by atoms with Gasteiger partial charge in [-0.3, -0.25) is 0 Å². The minimum atomic E-state index is -0.944. The first kappa shape index (κ1) is 25.9. The van der Waals surface area contributed by atoms with Crippen LogP contribution in [0.3, 0.4) is 0 Å². The van der Waals surface area contributed by atoms with Crippen molar-refractivity contribution >= 4 is 27.4 Å². The van der Waals surface area contributed by atoms with Gasteiger partial charge >= 0.3 is 5.97 Å². The van der Waals surface area contributed by atoms with Crippen LogP contribution in [-0.4, -0.2) is 35.4 Å². The van der Waals surface area contributed by atoms with Crippen LogP contribution in [-0.2, 0) is 22.4 Å². The number of hydrogen-bond donors (Lipinski definition) is 1. The van der Waals surface area contributed by atoms with Crippen molar-refractivity contribution in [2.45, 2.75) is 59.0 Å². The van der Waals surface area contributed by atoms with Crippen molar-refractivity contribution in [2.75, 3.05) is 13.2 Å². The van der Waals surface area contributed by atoms with E-state index in [1.165, 1.54) is 5.56 Å². The van der Waals surface area contributed by atoms with Crippen LogP contribution in [0.25, 0.3) is 21.5 Å². The molecule has 36 heavy (non-hydrogen) atoms. The largest absolute Gasteiger partial charge is 0.493 e. The van der Waals surface area contributed by atoms with Gasteiger partial charge in [-0.25, -0.2) is 9.78 Å². The number of fused-ring (bicyclic) bond motifs is 1. The number of carboxylic acids is 1. The minimum Gasteiger partial charge on any atom is -0.493 e. The number of carbonyl (C=O) groups is 1. The molecular formula is C29H33NO5S. The Morgan fingerprint density at radius 1 is 1.14 bits per heavy atom. The highest BCUT2D eigenvalue weighted by atomic mass is 32.1. The second-order valence-corrected chi connectivity index (χ2v) is 10.0. The highest BCUT2D eigenvalue weighted by Gasteiger charge is 2.20. The molecule has 0 aliphatic rings. The average Bonchev–Trinajstić information content (AvgIpc) is 3.50. The zero-order valence-corrected chi connectivity index (χ0v) is 22.1. The lowest BCUT2D eigenvalue weighted by atomic mass is 10.0. The third kappa shape index (κ3) is 5.97. The van der Waals surface area contributed by atoms with Gasteiger partial charge in [0.25, 0.3) is 0 Å². The number of thiophene rings is 1. The summed E-state index contributed by atoms with van der Waals surface area (Å²) in [6.45, 7) is 9.03. The first-order chi connectivity index (χ1) is 17.4. The van der Waals surface area contributed by atoms with Crippen LogP contribution >= 0.6 is 11.3 Å². The summed E-state index contributed by atoms with van der Waals surface area (Å²) in [6, 6.07) is 14.3. The first-order valence-corrected chi connectivity index (χ1v) is 13.3. The van der Waals surface area contributed by atoms with Gasteiger partial charge in [-0.05, 0) is 73.4 Å². The molecule has 6 nitrogen and oxygen atoms in total. The molecule has 4 rings (SSSR count). The molecular weight excluding hydrogens is 474 g/mol. The van der Waals surface area contributed by atoms with E-state index in [1.807, 2.05) is 30.5 Å². The third-order valence-corrected chi connectivity index (χ3v) is 7.23. The minimum absolute atomic E-state index is 0.328. The van der Waals surface area contributed by atoms with E-state index < -0.39 is 12.1 Å². The van der Waals surface area contributed by atoms with Crippen molar-refractivity contribution in [1.82, 2.24) is 4.98 Å². The Bertz CT molecular complexity index is 1310. The summed E-state index contributed by atoms with van der Waals surface area (Å²) >= 11 is 1.59. The van der Waals surface area contributed by atoms with Gasteiger partial charge in [-0.15, -0.1) is 11.3 Å². The summed E-state index contributed by atoms with van der Waals surface area (Å²) in [6.07, 6.45) is 1.04. The smallest absolute Gasteiger partial charge is 0.333 e. The molecule has 2 aromatic carbocycles. The Morgan fingerprint density at radius 3 is 2.61 bits per heavy atom. The molecule has 0 amide bonds. The van der Waals surface area contributed by atoms with Crippen LogP contribution < -0.4 is 4.74 Å². The Hall–Kier alpha value is -3.16. The molecule has 0 radical (unpaired) electrons. The zero-order valence-electron chi connectivity index (χ0n) is 21.2. The second-order valence-electron chi connectivity index (χ2n) is 9.12. The van der Waals surface area contributed by atoms with Crippen molar-refractivity contribution in [1.29, 1.82) is 0 Å². The Morgan fingerprint density at radius 2 is 1.92 bits per heavy atom. The Balaban J connectivity index is 1.37. The van der Waals surface area contributed by atoms with Gasteiger partial charge < -0.3 is 19.0 Å². The van der Waals surface area contributed by atoms with Gasteiger partial charge in [-0.1, -0.05) is 32.0 Å². The van der Waals surface area contributed by atoms with E-state index in [0.717, 1.165) is 51.3 Å². The maximum absolute atomic E-state index is 11.5. The first-order valence-electron chi connectivity index (χ1n) is 12.4. The van der Waals surface area contributed by atoms with E-state index in [2.05, 4.69) is 38.1 Å². The second kappa shape index (κ2) is 11.7. The number of carboxylic acid groups (broad SMARTS) is 1. The van der Waals surface area contributed by atoms with Crippen LogP contribution in [0.2, 0.25) is 0 Å². The molecule has 1 N–H and O–H groups in total. The topological polar surface area (TPSA) is 81.8 Å². The van der Waals surface area contributed by atoms with Crippen LogP contribution in [0, 0.1) is 6.92 Å². The monoisotopic (exact) mass is 507 g/mol. The van der Waals surface area contributed by atoms with Crippen LogP contribution in [0.1, 0.15) is 55.7 Å². The predicted octanol–water partition coefficient (Wildman–Crippen LogP) is 7.03. The summed E-state index contributed by atoms with van der Waals surface area (Å²) in [5, 5.41) is 12.4. The van der Waals surface area contributed by atoms with E-state index in [-0.39, 0.29) is 0 Å². The highest BCUT2D eigenvalue weighted by molar-refractivity contribution is 7.17. The van der Waals surface area contributed by atoms with E-state index >= 15 is 0 Å². The van der Waals surface area contributed by atoms with Crippen molar-refractivity contribution in [3.63, 3.8) is 0 Å². The molecule has 0 spiro atoms. The number of rotatable bonds is 12. The molecule has 1 unspecified atom stereocenters. The molecule has 4 aromatic rings. The van der Waals surface area contributed by atoms with Crippen molar-refractivity contribution in [3.8, 4) is 17.2 Å². The fraction of sp³-hybridized carbons (Fsp3) is 0.379. The maximum atomic E-state index is 11.5. The molecule has 7 heteroatoms. The van der Waals surface area contributed by atoms with Gasteiger partial charge in [0, 0.05) is 28.7 Å². The Labute approximate surface area is 215 Å². The third-order valence-electron chi connectivity index (χ3n) is 6.24. The summed E-state index contributed by atoms with van der Waals surface area (Å²) in [4.78, 5) is 16.2. The molecule has 190 valence electrons. The van der Waals surface area contributed by atoms with Gasteiger partial charge in [0.15, 0.2) is 6.10 Å². The lowest BCUT2D eigenvalue weighted by Crippen LogP contribution is -2.26. The number of benzene rings is 2. The van der Waals surface area contributed by atoms with Gasteiger partial charge in [0.1, 0.15) is 11.5 Å². The summed E-state index contributed by atoms with van der Waals surface area (Å²) in [5.41, 5.74) is 4.19. The SMILES string of the molecule is CCOC(Cc1ccc(OCCCc2nc(-c3ccc(C(C)C)cc3)oc2C)c2ccsc12)C(=O)O. The van der Waals surface area contributed by atoms with Crippen LogP contribution in [0.4, 0.5) is 0 Å². The normalized spacial score (nSPS) is 12.4. The predicted molar refractivity (Wildman–Crippen MR) is 143 cm³/mol. The van der Waals surface area contributed by atoms with E-state index in [9.17, 15) is 9.90 Å². The van der Waals surface area contributed by atoms with E-state index in [4.69, 9.17) is 18.9 Å². The van der Waals surface area contributed by atoms with Gasteiger partial charge in [-0.2, -0.15) is 0 Å². The molecule has 0 fully saturated rings. The molecule has 2 heterocycles. The molecule has 1 atom stereocenters. The molecule has 0 aliphatic heterocycles. The highest BCUT2D eigenvalue weighted by Crippen LogP contribution is 2.34. The lowest BCUT2D eigenvalue weighted by molar-refractivity contribution is -0.149. The van der Waals surface area contributed by atoms with E-state index in [1.54, 1.807) is 18.3 Å². The number of oxazole rings is 1. The number of nitrogens with zero attached hydrogens (tertiary/aromatic N) is 1. The molecule has 0 bridgehead atoms. The summed E-state index contributed by atoms with van der Waals surface area (Å²) < 4.78 is 18.5. The zero-order chi connectivity index (χ0) is 25.7. The number of aryl methyl sites for hydroxylation is 2. The van der Waals surface area contributed by atoms with Crippen molar-refractivity contribution in [3.05, 3.63) is 70.4 Å². The van der Waals surface area contributed by atoms with Crippen molar-refractivity contribution in [2.24, 2.45) is 0 Å². The summed E-state index contributed by atoms with van der Waals surface area (Å²) in [7, 11) is 0. The molecule has 2 aromatic heterocycles. The maximum Gasteiger partial charge on any atom is 0.333 e. The van der Waals surface area contributed by atoms with E-state index in [0.29, 0.717) is 31.4 Å². The molecule has 0 saturated carbocycles. The Kier molecular flexibility index (Phi) is 8.44. The summed E-state index contributed by atoms with van der Waals surface area (Å²) in [5.74, 6) is 1.84. The van der Waals surface area contributed by atoms with Crippen LogP contribution in [0.5, 0.6) is 5.75 Å². The fourth-order valence-corrected chi connectivity index (χ4v) is 5.15. The average molecular weight is 508 g/mol.